The van der Waals surface area contributed by atoms with Crippen LogP contribution in [-0.4, -0.2) is 14.3 Å². The van der Waals surface area contributed by atoms with Crippen LogP contribution in [0.5, 0.6) is 0 Å². The van der Waals surface area contributed by atoms with Crippen molar-refractivity contribution in [2.45, 2.75) is 11.8 Å². The first kappa shape index (κ1) is 17.8. The van der Waals surface area contributed by atoms with Gasteiger partial charge in [0.1, 0.15) is 0 Å². The molecule has 5 nitrogen and oxygen atoms in total. The molecule has 26 heavy (non-hydrogen) atoms. The number of aryl methyl sites for hydroxylation is 1. The van der Waals surface area contributed by atoms with E-state index in [0.717, 1.165) is 10.6 Å². The van der Waals surface area contributed by atoms with E-state index >= 15 is 0 Å². The minimum Gasteiger partial charge on any atom is -0.266 e. The summed E-state index contributed by atoms with van der Waals surface area (Å²) in [6.07, 6.45) is 0. The summed E-state index contributed by atoms with van der Waals surface area (Å²) in [6, 6.07) is 23.0. The van der Waals surface area contributed by atoms with Crippen LogP contribution in [0.25, 0.3) is 0 Å². The Bertz CT molecular complexity index is 985. The lowest BCUT2D eigenvalue weighted by Crippen LogP contribution is -2.33. The maximum atomic E-state index is 12.8. The van der Waals surface area contributed by atoms with Crippen molar-refractivity contribution >= 4 is 21.7 Å². The highest BCUT2D eigenvalue weighted by atomic mass is 32.2. The Labute approximate surface area is 152 Å². The zero-order chi connectivity index (χ0) is 18.6. The van der Waals surface area contributed by atoms with E-state index in [1.54, 1.807) is 72.8 Å². The third-order valence-electron chi connectivity index (χ3n) is 3.68. The highest BCUT2D eigenvalue weighted by Crippen LogP contribution is 2.22. The number of anilines is 1. The highest BCUT2D eigenvalue weighted by molar-refractivity contribution is 7.86. The number of amides is 1. The standard InChI is InChI=1S/C20H17NO4S/c1-16-12-14-19(15-13-16)26(23,24)25-21(18-10-6-3-7-11-18)20(22)17-8-4-2-5-9-17/h2-15H,1H3. The van der Waals surface area contributed by atoms with Crippen LogP contribution in [0.4, 0.5) is 5.69 Å². The van der Waals surface area contributed by atoms with Crippen molar-refractivity contribution in [3.63, 3.8) is 0 Å². The predicted molar refractivity (Wildman–Crippen MR) is 99.1 cm³/mol. The number of rotatable bonds is 5. The van der Waals surface area contributed by atoms with Gasteiger partial charge < -0.3 is 0 Å². The fourth-order valence-electron chi connectivity index (χ4n) is 2.30. The Balaban J connectivity index is 1.99. The number of carbonyl (C=O) groups excluding carboxylic acids is 1. The summed E-state index contributed by atoms with van der Waals surface area (Å²) in [6.45, 7) is 1.85. The van der Waals surface area contributed by atoms with Crippen molar-refractivity contribution in [3.05, 3.63) is 96.1 Å². The van der Waals surface area contributed by atoms with Crippen LogP contribution in [0.15, 0.2) is 89.8 Å². The molecule has 3 aromatic carbocycles. The summed E-state index contributed by atoms with van der Waals surface area (Å²) in [5.41, 5.74) is 1.55. The minimum absolute atomic E-state index is 0.0232. The maximum absolute atomic E-state index is 12.8. The average Bonchev–Trinajstić information content (AvgIpc) is 2.67. The number of benzene rings is 3. The van der Waals surface area contributed by atoms with Crippen LogP contribution in [0.2, 0.25) is 0 Å². The van der Waals surface area contributed by atoms with E-state index in [-0.39, 0.29) is 4.90 Å². The maximum Gasteiger partial charge on any atom is 0.318 e. The molecular weight excluding hydrogens is 350 g/mol. The molecule has 132 valence electrons. The van der Waals surface area contributed by atoms with Gasteiger partial charge in [-0.25, -0.2) is 0 Å². The number of hydrogen-bond acceptors (Lipinski definition) is 4. The minimum atomic E-state index is -4.17. The van der Waals surface area contributed by atoms with E-state index < -0.39 is 16.0 Å². The molecule has 1 amide bonds. The molecule has 0 spiro atoms. The molecule has 0 aliphatic heterocycles. The topological polar surface area (TPSA) is 63.7 Å². The summed E-state index contributed by atoms with van der Waals surface area (Å²) >= 11 is 0. The highest BCUT2D eigenvalue weighted by Gasteiger charge is 2.26. The van der Waals surface area contributed by atoms with Crippen molar-refractivity contribution in [1.82, 2.24) is 0 Å². The number of hydroxylamine groups is 1. The van der Waals surface area contributed by atoms with Gasteiger partial charge in [-0.1, -0.05) is 54.1 Å². The molecule has 0 heterocycles. The van der Waals surface area contributed by atoms with Crippen molar-refractivity contribution in [1.29, 1.82) is 0 Å². The van der Waals surface area contributed by atoms with Gasteiger partial charge in [0, 0.05) is 5.56 Å². The smallest absolute Gasteiger partial charge is 0.266 e. The summed E-state index contributed by atoms with van der Waals surface area (Å²) in [5, 5.41) is 0.796. The van der Waals surface area contributed by atoms with E-state index in [2.05, 4.69) is 0 Å². The van der Waals surface area contributed by atoms with Gasteiger partial charge in [0.05, 0.1) is 10.6 Å². The quantitative estimate of drug-likeness (QED) is 0.640. The molecule has 0 aromatic heterocycles. The van der Waals surface area contributed by atoms with E-state index in [0.29, 0.717) is 11.3 Å². The van der Waals surface area contributed by atoms with Gasteiger partial charge >= 0.3 is 10.1 Å². The van der Waals surface area contributed by atoms with Gasteiger partial charge in [-0.2, -0.15) is 13.5 Å². The third-order valence-corrected chi connectivity index (χ3v) is 4.87. The Morgan fingerprint density at radius 3 is 1.92 bits per heavy atom. The Hall–Kier alpha value is -2.96. The third kappa shape index (κ3) is 3.99. The fourth-order valence-corrected chi connectivity index (χ4v) is 3.21. The first-order valence-corrected chi connectivity index (χ1v) is 9.34. The number of hydrogen-bond donors (Lipinski definition) is 0. The molecular formula is C20H17NO4S. The zero-order valence-corrected chi connectivity index (χ0v) is 14.9. The van der Waals surface area contributed by atoms with Crippen LogP contribution in [0.3, 0.4) is 0 Å². The van der Waals surface area contributed by atoms with E-state index in [1.807, 2.05) is 6.92 Å². The van der Waals surface area contributed by atoms with Gasteiger partial charge in [0.15, 0.2) is 0 Å². The number of nitrogens with zero attached hydrogens (tertiary/aromatic N) is 1. The van der Waals surface area contributed by atoms with Gasteiger partial charge in [0.25, 0.3) is 5.91 Å². The average molecular weight is 367 g/mol. The van der Waals surface area contributed by atoms with E-state index in [4.69, 9.17) is 4.28 Å². The van der Waals surface area contributed by atoms with Crippen LogP contribution < -0.4 is 5.06 Å². The van der Waals surface area contributed by atoms with Crippen molar-refractivity contribution in [2.24, 2.45) is 0 Å². The molecule has 0 N–H and O–H groups in total. The molecule has 3 rings (SSSR count). The molecule has 6 heteroatoms. The molecule has 0 unspecified atom stereocenters. The molecule has 0 fully saturated rings. The molecule has 0 atom stereocenters. The summed E-state index contributed by atoms with van der Waals surface area (Å²) in [4.78, 5) is 12.8. The lowest BCUT2D eigenvalue weighted by atomic mass is 10.2. The second-order valence-electron chi connectivity index (χ2n) is 5.64. The largest absolute Gasteiger partial charge is 0.318 e. The van der Waals surface area contributed by atoms with Gasteiger partial charge in [-0.15, -0.1) is 4.28 Å². The van der Waals surface area contributed by atoms with Crippen LogP contribution in [-0.2, 0) is 14.4 Å². The summed E-state index contributed by atoms with van der Waals surface area (Å²) in [7, 11) is -4.17. The van der Waals surface area contributed by atoms with Gasteiger partial charge in [-0.05, 0) is 43.3 Å². The Kier molecular flexibility index (Phi) is 5.16. The second kappa shape index (κ2) is 7.51. The zero-order valence-electron chi connectivity index (χ0n) is 14.1. The first-order valence-electron chi connectivity index (χ1n) is 7.93. The SMILES string of the molecule is Cc1ccc(S(=O)(=O)ON(C(=O)c2ccccc2)c2ccccc2)cc1. The lowest BCUT2D eigenvalue weighted by Gasteiger charge is -2.21. The molecule has 0 saturated heterocycles. The molecule has 0 aliphatic rings. The van der Waals surface area contributed by atoms with Crippen molar-refractivity contribution in [2.75, 3.05) is 5.06 Å². The van der Waals surface area contributed by atoms with Crippen LogP contribution in [0, 0.1) is 6.92 Å². The van der Waals surface area contributed by atoms with Crippen molar-refractivity contribution < 1.29 is 17.5 Å². The first-order chi connectivity index (χ1) is 12.5. The van der Waals surface area contributed by atoms with Gasteiger partial charge in [-0.3, -0.25) is 4.79 Å². The van der Waals surface area contributed by atoms with Gasteiger partial charge in [0.2, 0.25) is 0 Å². The van der Waals surface area contributed by atoms with Crippen LogP contribution in [0.1, 0.15) is 15.9 Å². The van der Waals surface area contributed by atoms with E-state index in [1.165, 1.54) is 12.1 Å². The molecule has 3 aromatic rings. The molecule has 0 aliphatic carbocycles. The number of para-hydroxylation sites is 1. The fraction of sp³-hybridized carbons (Fsp3) is 0.0500. The normalized spacial score (nSPS) is 11.1. The monoisotopic (exact) mass is 367 g/mol. The van der Waals surface area contributed by atoms with Crippen LogP contribution >= 0.6 is 0 Å². The molecule has 0 saturated carbocycles. The Morgan fingerprint density at radius 2 is 1.35 bits per heavy atom. The number of carbonyl (C=O) groups is 1. The van der Waals surface area contributed by atoms with Crippen molar-refractivity contribution in [3.8, 4) is 0 Å². The predicted octanol–water partition coefficient (Wildman–Crippen LogP) is 3.96. The summed E-state index contributed by atoms with van der Waals surface area (Å²) in [5.74, 6) is -0.576. The van der Waals surface area contributed by atoms with E-state index in [9.17, 15) is 13.2 Å². The molecule has 0 bridgehead atoms. The Morgan fingerprint density at radius 1 is 0.808 bits per heavy atom. The molecule has 0 radical (unpaired) electrons. The summed E-state index contributed by atoms with van der Waals surface area (Å²) < 4.78 is 30.5. The second-order valence-corrected chi connectivity index (χ2v) is 7.17. The lowest BCUT2D eigenvalue weighted by molar-refractivity contribution is 0.0885.